The van der Waals surface area contributed by atoms with Gasteiger partial charge >= 0.3 is 0 Å². The summed E-state index contributed by atoms with van der Waals surface area (Å²) in [6.07, 6.45) is 0. The number of nitrogens with zero attached hydrogens (tertiary/aromatic N) is 2. The second-order valence-electron chi connectivity index (χ2n) is 6.50. The SMILES string of the molecule is O=C1CN(C(=O)c2cccc(S(=O)(=O)N3CCOCC3)c2)c2ccccc2N1. The predicted octanol–water partition coefficient (Wildman–Crippen LogP) is 1.31. The monoisotopic (exact) mass is 401 g/mol. The van der Waals surface area contributed by atoms with E-state index in [0.717, 1.165) is 0 Å². The summed E-state index contributed by atoms with van der Waals surface area (Å²) < 4.78 is 32.3. The van der Waals surface area contributed by atoms with Crippen LogP contribution in [0.2, 0.25) is 0 Å². The Morgan fingerprint density at radius 3 is 2.57 bits per heavy atom. The molecule has 0 atom stereocenters. The first-order valence-corrected chi connectivity index (χ1v) is 10.3. The standard InChI is InChI=1S/C19H19N3O5S/c23-18-13-22(17-7-2-1-6-16(17)20-18)19(24)14-4-3-5-15(12-14)28(25,26)21-8-10-27-11-9-21/h1-7,12H,8-11,13H2,(H,20,23). The minimum Gasteiger partial charge on any atom is -0.379 e. The van der Waals surface area contributed by atoms with Crippen LogP contribution in [0, 0.1) is 0 Å². The van der Waals surface area contributed by atoms with Crippen molar-refractivity contribution in [3.05, 3.63) is 54.1 Å². The fourth-order valence-electron chi connectivity index (χ4n) is 3.30. The third-order valence-corrected chi connectivity index (χ3v) is 6.60. The molecule has 0 aromatic heterocycles. The maximum Gasteiger partial charge on any atom is 0.258 e. The van der Waals surface area contributed by atoms with E-state index in [-0.39, 0.29) is 36.0 Å². The van der Waals surface area contributed by atoms with Crippen LogP contribution in [0.15, 0.2) is 53.4 Å². The fourth-order valence-corrected chi connectivity index (χ4v) is 4.75. The van der Waals surface area contributed by atoms with Crippen molar-refractivity contribution >= 4 is 33.2 Å². The second kappa shape index (κ2) is 7.34. The summed E-state index contributed by atoms with van der Waals surface area (Å²) in [5.41, 5.74) is 1.33. The van der Waals surface area contributed by atoms with Gasteiger partial charge in [0.2, 0.25) is 15.9 Å². The Hall–Kier alpha value is -2.75. The van der Waals surface area contributed by atoms with Crippen molar-refractivity contribution in [3.63, 3.8) is 0 Å². The van der Waals surface area contributed by atoms with Gasteiger partial charge in [0.1, 0.15) is 6.54 Å². The number of fused-ring (bicyclic) bond motifs is 1. The predicted molar refractivity (Wildman–Crippen MR) is 103 cm³/mol. The van der Waals surface area contributed by atoms with E-state index in [0.29, 0.717) is 24.6 Å². The lowest BCUT2D eigenvalue weighted by atomic mass is 10.1. The molecule has 0 saturated carbocycles. The van der Waals surface area contributed by atoms with E-state index >= 15 is 0 Å². The molecule has 0 unspecified atom stereocenters. The first kappa shape index (κ1) is 18.6. The van der Waals surface area contributed by atoms with E-state index in [2.05, 4.69) is 5.32 Å². The lowest BCUT2D eigenvalue weighted by Gasteiger charge is -2.29. The zero-order valence-electron chi connectivity index (χ0n) is 15.0. The second-order valence-corrected chi connectivity index (χ2v) is 8.44. The lowest BCUT2D eigenvalue weighted by molar-refractivity contribution is -0.115. The Kier molecular flexibility index (Phi) is 4.88. The normalized spacial score (nSPS) is 17.7. The summed E-state index contributed by atoms with van der Waals surface area (Å²) in [7, 11) is -3.72. The number of carbonyl (C=O) groups excluding carboxylic acids is 2. The molecule has 0 aliphatic carbocycles. The summed E-state index contributed by atoms with van der Waals surface area (Å²) in [4.78, 5) is 26.5. The molecule has 0 bridgehead atoms. The Labute approximate surface area is 162 Å². The third-order valence-electron chi connectivity index (χ3n) is 4.70. The zero-order chi connectivity index (χ0) is 19.7. The van der Waals surface area contributed by atoms with E-state index in [4.69, 9.17) is 4.74 Å². The van der Waals surface area contributed by atoms with Gasteiger partial charge in [-0.15, -0.1) is 0 Å². The number of carbonyl (C=O) groups is 2. The van der Waals surface area contributed by atoms with Gasteiger partial charge in [0.05, 0.1) is 29.5 Å². The number of morpholine rings is 1. The smallest absolute Gasteiger partial charge is 0.258 e. The first-order chi connectivity index (χ1) is 13.5. The summed E-state index contributed by atoms with van der Waals surface area (Å²) >= 11 is 0. The molecule has 1 N–H and O–H groups in total. The van der Waals surface area contributed by atoms with Crippen molar-refractivity contribution in [1.82, 2.24) is 4.31 Å². The maximum atomic E-state index is 13.1. The van der Waals surface area contributed by atoms with Crippen molar-refractivity contribution in [2.24, 2.45) is 0 Å². The Bertz CT molecular complexity index is 1030. The van der Waals surface area contributed by atoms with Gasteiger partial charge < -0.3 is 10.1 Å². The molecule has 9 heteroatoms. The van der Waals surface area contributed by atoms with E-state index in [1.165, 1.54) is 27.4 Å². The molecule has 2 aromatic rings. The number of ether oxygens (including phenoxy) is 1. The van der Waals surface area contributed by atoms with Crippen LogP contribution in [0.5, 0.6) is 0 Å². The summed E-state index contributed by atoms with van der Waals surface area (Å²) in [6, 6.07) is 12.9. The van der Waals surface area contributed by atoms with Gasteiger partial charge in [-0.2, -0.15) is 4.31 Å². The minimum atomic E-state index is -3.72. The quantitative estimate of drug-likeness (QED) is 0.837. The highest BCUT2D eigenvalue weighted by Crippen LogP contribution is 2.30. The van der Waals surface area contributed by atoms with E-state index in [9.17, 15) is 18.0 Å². The maximum absolute atomic E-state index is 13.1. The van der Waals surface area contributed by atoms with E-state index in [1.807, 2.05) is 0 Å². The molecule has 2 amide bonds. The van der Waals surface area contributed by atoms with Crippen molar-refractivity contribution < 1.29 is 22.7 Å². The molecular formula is C19H19N3O5S. The van der Waals surface area contributed by atoms with Crippen LogP contribution in [0.3, 0.4) is 0 Å². The van der Waals surface area contributed by atoms with Gasteiger partial charge in [-0.3, -0.25) is 14.5 Å². The molecule has 2 heterocycles. The lowest BCUT2D eigenvalue weighted by Crippen LogP contribution is -2.42. The van der Waals surface area contributed by atoms with Crippen LogP contribution in [-0.4, -0.2) is 57.4 Å². The Morgan fingerprint density at radius 1 is 1.04 bits per heavy atom. The number of hydrogen-bond donors (Lipinski definition) is 1. The topological polar surface area (TPSA) is 96.0 Å². The molecule has 0 spiro atoms. The number of benzene rings is 2. The number of hydrogen-bond acceptors (Lipinski definition) is 5. The van der Waals surface area contributed by atoms with Crippen LogP contribution in [-0.2, 0) is 19.6 Å². The number of sulfonamides is 1. The molecule has 1 fully saturated rings. The molecule has 4 rings (SSSR count). The highest BCUT2D eigenvalue weighted by atomic mass is 32.2. The summed E-state index contributed by atoms with van der Waals surface area (Å²) in [5.74, 6) is -0.731. The van der Waals surface area contributed by atoms with Gasteiger partial charge in [-0.1, -0.05) is 18.2 Å². The molecule has 146 valence electrons. The third kappa shape index (κ3) is 3.39. The molecule has 2 aromatic carbocycles. The molecule has 2 aliphatic rings. The highest BCUT2D eigenvalue weighted by Gasteiger charge is 2.30. The van der Waals surface area contributed by atoms with Gasteiger partial charge in [0.25, 0.3) is 5.91 Å². The first-order valence-electron chi connectivity index (χ1n) is 8.85. The Balaban J connectivity index is 1.67. The van der Waals surface area contributed by atoms with Crippen molar-refractivity contribution in [1.29, 1.82) is 0 Å². The van der Waals surface area contributed by atoms with Crippen LogP contribution < -0.4 is 10.2 Å². The van der Waals surface area contributed by atoms with Crippen LogP contribution in [0.25, 0.3) is 0 Å². The summed E-state index contributed by atoms with van der Waals surface area (Å²) in [5, 5.41) is 2.73. The molecular weight excluding hydrogens is 382 g/mol. The van der Waals surface area contributed by atoms with Gasteiger partial charge in [0, 0.05) is 18.7 Å². The number of rotatable bonds is 3. The molecule has 2 aliphatic heterocycles. The minimum absolute atomic E-state index is 0.0509. The average Bonchev–Trinajstić information content (AvgIpc) is 2.73. The van der Waals surface area contributed by atoms with Gasteiger partial charge in [-0.25, -0.2) is 8.42 Å². The Morgan fingerprint density at radius 2 is 1.79 bits per heavy atom. The largest absolute Gasteiger partial charge is 0.379 e. The van der Waals surface area contributed by atoms with E-state index in [1.54, 1.807) is 30.3 Å². The van der Waals surface area contributed by atoms with Crippen molar-refractivity contribution in [2.75, 3.05) is 43.1 Å². The molecule has 28 heavy (non-hydrogen) atoms. The molecule has 1 saturated heterocycles. The van der Waals surface area contributed by atoms with Crippen LogP contribution >= 0.6 is 0 Å². The molecule has 0 radical (unpaired) electrons. The average molecular weight is 401 g/mol. The van der Waals surface area contributed by atoms with Crippen molar-refractivity contribution in [2.45, 2.75) is 4.90 Å². The number of anilines is 2. The number of para-hydroxylation sites is 2. The van der Waals surface area contributed by atoms with Crippen LogP contribution in [0.1, 0.15) is 10.4 Å². The summed E-state index contributed by atoms with van der Waals surface area (Å²) in [6.45, 7) is 1.12. The molecule has 8 nitrogen and oxygen atoms in total. The number of amides is 2. The van der Waals surface area contributed by atoms with Gasteiger partial charge in [-0.05, 0) is 30.3 Å². The van der Waals surface area contributed by atoms with E-state index < -0.39 is 15.9 Å². The van der Waals surface area contributed by atoms with Crippen molar-refractivity contribution in [3.8, 4) is 0 Å². The fraction of sp³-hybridized carbons (Fsp3) is 0.263. The van der Waals surface area contributed by atoms with Gasteiger partial charge in [0.15, 0.2) is 0 Å². The van der Waals surface area contributed by atoms with Crippen LogP contribution in [0.4, 0.5) is 11.4 Å². The zero-order valence-corrected chi connectivity index (χ0v) is 15.8. The highest BCUT2D eigenvalue weighted by molar-refractivity contribution is 7.89. The number of nitrogens with one attached hydrogen (secondary N) is 1.